The van der Waals surface area contributed by atoms with Crippen molar-refractivity contribution in [3.63, 3.8) is 0 Å². The molecule has 0 saturated carbocycles. The van der Waals surface area contributed by atoms with Gasteiger partial charge in [0.05, 0.1) is 13.2 Å². The molecule has 0 bridgehead atoms. The normalized spacial score (nSPS) is 16.5. The molecule has 1 aromatic carbocycles. The number of guanidine groups is 1. The summed E-state index contributed by atoms with van der Waals surface area (Å²) in [6, 6.07) is 8.32. The van der Waals surface area contributed by atoms with Gasteiger partial charge in [-0.3, -0.25) is 9.69 Å². The number of hydrogen-bond donors (Lipinski definition) is 3. The van der Waals surface area contributed by atoms with Gasteiger partial charge in [0.25, 0.3) is 0 Å². The third-order valence-corrected chi connectivity index (χ3v) is 5.11. The van der Waals surface area contributed by atoms with Gasteiger partial charge in [-0.05, 0) is 37.0 Å². The van der Waals surface area contributed by atoms with Crippen molar-refractivity contribution in [3.8, 4) is 0 Å². The van der Waals surface area contributed by atoms with Crippen molar-refractivity contribution in [2.45, 2.75) is 40.2 Å². The van der Waals surface area contributed by atoms with Crippen molar-refractivity contribution in [1.82, 2.24) is 15.5 Å². The predicted molar refractivity (Wildman–Crippen MR) is 119 cm³/mol. The molecule has 1 saturated heterocycles. The molecule has 0 radical (unpaired) electrons. The standard InChI is InChI=1S/C22H37N5O2/c1-5-18-8-7-9-19(14-18)26-21(28)16-25-22(23-6-2)24-15-20(17(3)4)27-10-12-29-13-11-27/h7-9,14,17,20H,5-6,10-13,15-16H2,1-4H3,(H,26,28)(H2,23,24,25). The van der Waals surface area contributed by atoms with E-state index in [-0.39, 0.29) is 12.5 Å². The highest BCUT2D eigenvalue weighted by atomic mass is 16.5. The summed E-state index contributed by atoms with van der Waals surface area (Å²) in [4.78, 5) is 19.3. The number of aryl methyl sites for hydroxylation is 1. The topological polar surface area (TPSA) is 78.0 Å². The average molecular weight is 404 g/mol. The van der Waals surface area contributed by atoms with E-state index in [1.165, 1.54) is 5.56 Å². The Morgan fingerprint density at radius 2 is 1.97 bits per heavy atom. The summed E-state index contributed by atoms with van der Waals surface area (Å²) < 4.78 is 5.48. The molecule has 1 aliphatic rings. The van der Waals surface area contributed by atoms with E-state index in [0.29, 0.717) is 17.9 Å². The van der Waals surface area contributed by atoms with Crippen LogP contribution in [-0.4, -0.2) is 68.7 Å². The molecule has 1 atom stereocenters. The number of rotatable bonds is 9. The molecule has 0 aromatic heterocycles. The van der Waals surface area contributed by atoms with E-state index in [0.717, 1.165) is 51.5 Å². The van der Waals surface area contributed by atoms with E-state index < -0.39 is 0 Å². The molecule has 162 valence electrons. The quantitative estimate of drug-likeness (QED) is 0.435. The van der Waals surface area contributed by atoms with Crippen molar-refractivity contribution in [1.29, 1.82) is 0 Å². The van der Waals surface area contributed by atoms with Gasteiger partial charge in [0.15, 0.2) is 5.96 Å². The van der Waals surface area contributed by atoms with Crippen LogP contribution in [0.1, 0.15) is 33.3 Å². The van der Waals surface area contributed by atoms with Crippen LogP contribution in [0.5, 0.6) is 0 Å². The maximum absolute atomic E-state index is 12.3. The maximum Gasteiger partial charge on any atom is 0.246 e. The number of morpholine rings is 1. The Morgan fingerprint density at radius 1 is 1.21 bits per heavy atom. The summed E-state index contributed by atoms with van der Waals surface area (Å²) in [6.07, 6.45) is 0.941. The van der Waals surface area contributed by atoms with Crippen molar-refractivity contribution < 1.29 is 9.53 Å². The molecule has 29 heavy (non-hydrogen) atoms. The highest BCUT2D eigenvalue weighted by Crippen LogP contribution is 2.12. The minimum absolute atomic E-state index is 0.0790. The Kier molecular flexibility index (Phi) is 9.94. The van der Waals surface area contributed by atoms with Gasteiger partial charge >= 0.3 is 0 Å². The van der Waals surface area contributed by atoms with E-state index in [1.54, 1.807) is 0 Å². The zero-order valence-electron chi connectivity index (χ0n) is 18.3. The molecule has 7 heteroatoms. The molecule has 3 N–H and O–H groups in total. The number of carbonyl (C=O) groups is 1. The van der Waals surface area contributed by atoms with E-state index in [2.05, 4.69) is 52.7 Å². The summed E-state index contributed by atoms with van der Waals surface area (Å²) in [7, 11) is 0. The summed E-state index contributed by atoms with van der Waals surface area (Å²) >= 11 is 0. The van der Waals surface area contributed by atoms with Gasteiger partial charge in [-0.25, -0.2) is 4.99 Å². The highest BCUT2D eigenvalue weighted by Gasteiger charge is 2.23. The number of aliphatic imine (C=N–C) groups is 1. The summed E-state index contributed by atoms with van der Waals surface area (Å²) in [5, 5.41) is 9.57. The predicted octanol–water partition coefficient (Wildman–Crippen LogP) is 2.10. The minimum Gasteiger partial charge on any atom is -0.379 e. The van der Waals surface area contributed by atoms with Crippen LogP contribution in [0.15, 0.2) is 29.3 Å². The third-order valence-electron chi connectivity index (χ3n) is 5.11. The fraction of sp³-hybridized carbons (Fsp3) is 0.636. The lowest BCUT2D eigenvalue weighted by molar-refractivity contribution is -0.114. The molecule has 1 fully saturated rings. The van der Waals surface area contributed by atoms with E-state index >= 15 is 0 Å². The highest BCUT2D eigenvalue weighted by molar-refractivity contribution is 5.94. The van der Waals surface area contributed by atoms with E-state index in [1.807, 2.05) is 25.1 Å². The fourth-order valence-corrected chi connectivity index (χ4v) is 3.46. The van der Waals surface area contributed by atoms with Gasteiger partial charge in [0, 0.05) is 37.9 Å². The smallest absolute Gasteiger partial charge is 0.246 e. The van der Waals surface area contributed by atoms with Crippen molar-refractivity contribution in [2.24, 2.45) is 10.9 Å². The van der Waals surface area contributed by atoms with Crippen molar-refractivity contribution >= 4 is 17.6 Å². The number of amides is 1. The molecule has 1 aromatic rings. The van der Waals surface area contributed by atoms with Crippen LogP contribution in [0.2, 0.25) is 0 Å². The van der Waals surface area contributed by atoms with Crippen LogP contribution in [0.25, 0.3) is 0 Å². The molecule has 1 amide bonds. The van der Waals surface area contributed by atoms with Gasteiger partial charge in [0.2, 0.25) is 5.91 Å². The van der Waals surface area contributed by atoms with Crippen LogP contribution in [0.3, 0.4) is 0 Å². The first kappa shape index (κ1) is 23.2. The number of carbonyl (C=O) groups excluding carboxylic acids is 1. The first-order valence-corrected chi connectivity index (χ1v) is 10.8. The zero-order valence-corrected chi connectivity index (χ0v) is 18.3. The molecule has 1 unspecified atom stereocenters. The lowest BCUT2D eigenvalue weighted by atomic mass is 10.0. The molecule has 0 aliphatic carbocycles. The average Bonchev–Trinajstić information content (AvgIpc) is 2.72. The lowest BCUT2D eigenvalue weighted by Crippen LogP contribution is -2.52. The van der Waals surface area contributed by atoms with Crippen LogP contribution < -0.4 is 16.0 Å². The Hall–Kier alpha value is -2.12. The maximum atomic E-state index is 12.3. The van der Waals surface area contributed by atoms with Crippen LogP contribution >= 0.6 is 0 Å². The number of nitrogens with zero attached hydrogens (tertiary/aromatic N) is 2. The molecule has 1 heterocycles. The lowest BCUT2D eigenvalue weighted by Gasteiger charge is -2.37. The van der Waals surface area contributed by atoms with Gasteiger partial charge in [0.1, 0.15) is 6.54 Å². The van der Waals surface area contributed by atoms with Gasteiger partial charge in [-0.15, -0.1) is 0 Å². The number of nitrogens with one attached hydrogen (secondary N) is 3. The molecular formula is C22H37N5O2. The fourth-order valence-electron chi connectivity index (χ4n) is 3.46. The van der Waals surface area contributed by atoms with Gasteiger partial charge in [-0.2, -0.15) is 0 Å². The van der Waals surface area contributed by atoms with Crippen LogP contribution in [-0.2, 0) is 16.0 Å². The summed E-state index contributed by atoms with van der Waals surface area (Å²) in [5.74, 6) is 1.06. The second kappa shape index (κ2) is 12.4. The molecule has 2 rings (SSSR count). The van der Waals surface area contributed by atoms with Crippen molar-refractivity contribution in [2.75, 3.05) is 51.3 Å². The third kappa shape index (κ3) is 8.03. The van der Waals surface area contributed by atoms with E-state index in [4.69, 9.17) is 4.74 Å². The van der Waals surface area contributed by atoms with Crippen LogP contribution in [0, 0.1) is 5.92 Å². The Labute approximate surface area is 175 Å². The minimum atomic E-state index is -0.121. The SMILES string of the molecule is CCNC(=NCC(=O)Nc1cccc(CC)c1)NCC(C(C)C)N1CCOCC1. The molecule has 1 aliphatic heterocycles. The Morgan fingerprint density at radius 3 is 2.62 bits per heavy atom. The number of ether oxygens (including phenoxy) is 1. The van der Waals surface area contributed by atoms with Gasteiger partial charge in [-0.1, -0.05) is 32.9 Å². The Bertz CT molecular complexity index is 656. The first-order chi connectivity index (χ1) is 14.0. The molecular weight excluding hydrogens is 366 g/mol. The van der Waals surface area contributed by atoms with Gasteiger partial charge < -0.3 is 20.7 Å². The van der Waals surface area contributed by atoms with Crippen LogP contribution in [0.4, 0.5) is 5.69 Å². The zero-order chi connectivity index (χ0) is 21.1. The summed E-state index contributed by atoms with van der Waals surface area (Å²) in [6.45, 7) is 13.7. The molecule has 7 nitrogen and oxygen atoms in total. The summed E-state index contributed by atoms with van der Waals surface area (Å²) in [5.41, 5.74) is 2.01. The number of benzene rings is 1. The Balaban J connectivity index is 1.90. The monoisotopic (exact) mass is 403 g/mol. The largest absolute Gasteiger partial charge is 0.379 e. The number of hydrogen-bond acceptors (Lipinski definition) is 4. The van der Waals surface area contributed by atoms with E-state index in [9.17, 15) is 4.79 Å². The second-order valence-electron chi connectivity index (χ2n) is 7.64. The number of anilines is 1. The van der Waals surface area contributed by atoms with Crippen molar-refractivity contribution in [3.05, 3.63) is 29.8 Å². The second-order valence-corrected chi connectivity index (χ2v) is 7.64. The molecule has 0 spiro atoms. The first-order valence-electron chi connectivity index (χ1n) is 10.8.